The molecule has 0 spiro atoms. The number of hydrogen-bond donors (Lipinski definition) is 3. The van der Waals surface area contributed by atoms with Crippen molar-refractivity contribution in [2.45, 2.75) is 44.4 Å². The van der Waals surface area contributed by atoms with Gasteiger partial charge in [0.25, 0.3) is 5.91 Å². The maximum atomic E-state index is 13.0. The van der Waals surface area contributed by atoms with Crippen LogP contribution in [0, 0.1) is 0 Å². The predicted molar refractivity (Wildman–Crippen MR) is 97.4 cm³/mol. The number of likely N-dealkylation sites (N-methyl/N-ethyl adjacent to an activating group) is 1. The first-order chi connectivity index (χ1) is 12.8. The van der Waals surface area contributed by atoms with Crippen LogP contribution in [-0.4, -0.2) is 80.3 Å². The van der Waals surface area contributed by atoms with Gasteiger partial charge in [-0.1, -0.05) is 25.1 Å². The van der Waals surface area contributed by atoms with E-state index in [0.717, 1.165) is 0 Å². The van der Waals surface area contributed by atoms with Crippen LogP contribution in [0.3, 0.4) is 0 Å². The van der Waals surface area contributed by atoms with Gasteiger partial charge in [0.05, 0.1) is 6.10 Å². The van der Waals surface area contributed by atoms with Crippen molar-refractivity contribution in [3.63, 3.8) is 0 Å². The van der Waals surface area contributed by atoms with E-state index in [9.17, 15) is 29.7 Å². The summed E-state index contributed by atoms with van der Waals surface area (Å²) in [6, 6.07) is 7.25. The number of amides is 1. The topological polar surface area (TPSA) is 118 Å². The minimum absolute atomic E-state index is 0.0644. The van der Waals surface area contributed by atoms with Gasteiger partial charge < -0.3 is 20.2 Å². The van der Waals surface area contributed by atoms with Gasteiger partial charge in [-0.3, -0.25) is 14.5 Å². The van der Waals surface area contributed by atoms with E-state index < -0.39 is 35.5 Å². The number of carbonyl (C=O) groups is 3. The molecule has 1 heterocycles. The molecule has 0 radical (unpaired) electrons. The fourth-order valence-corrected chi connectivity index (χ4v) is 3.61. The first-order valence-electron chi connectivity index (χ1n) is 9.02. The maximum Gasteiger partial charge on any atom is 0.329 e. The van der Waals surface area contributed by atoms with Crippen molar-refractivity contribution in [3.8, 4) is 0 Å². The average Bonchev–Trinajstić information content (AvgIpc) is 2.62. The Morgan fingerprint density at radius 1 is 1.19 bits per heavy atom. The van der Waals surface area contributed by atoms with Crippen LogP contribution in [0.2, 0.25) is 0 Å². The van der Waals surface area contributed by atoms with E-state index in [1.54, 1.807) is 44.2 Å². The number of aliphatic carboxylic acids is 2. The van der Waals surface area contributed by atoms with Crippen molar-refractivity contribution in [2.75, 3.05) is 19.6 Å². The third-order valence-corrected chi connectivity index (χ3v) is 5.23. The predicted octanol–water partition coefficient (Wildman–Crippen LogP) is 0.902. The van der Waals surface area contributed by atoms with Crippen LogP contribution in [0.4, 0.5) is 0 Å². The van der Waals surface area contributed by atoms with Crippen LogP contribution in [0.5, 0.6) is 0 Å². The van der Waals surface area contributed by atoms with Gasteiger partial charge in [0.2, 0.25) is 0 Å². The van der Waals surface area contributed by atoms with Gasteiger partial charge in [-0.2, -0.15) is 0 Å². The number of aliphatic hydroxyl groups excluding tert-OH is 1. The molecular formula is C19H26N2O6. The minimum Gasteiger partial charge on any atom is -0.480 e. The molecule has 1 fully saturated rings. The SMILES string of the molecule is CCN(C(=O)c1ccccc1)[C@@](CC)(CC(C(=O)O)N1CC(O)C1)C(=O)O. The molecule has 0 saturated carbocycles. The Balaban J connectivity index is 2.39. The molecule has 0 aliphatic carbocycles. The summed E-state index contributed by atoms with van der Waals surface area (Å²) in [5, 5.41) is 29.1. The van der Waals surface area contributed by atoms with Crippen molar-refractivity contribution >= 4 is 17.8 Å². The number of carbonyl (C=O) groups excluding carboxylic acids is 1. The second kappa shape index (κ2) is 8.49. The van der Waals surface area contributed by atoms with Gasteiger partial charge in [-0.05, 0) is 25.5 Å². The minimum atomic E-state index is -1.66. The lowest BCUT2D eigenvalue weighted by atomic mass is 9.84. The van der Waals surface area contributed by atoms with E-state index in [1.807, 2.05) is 0 Å². The van der Waals surface area contributed by atoms with Crippen LogP contribution >= 0.6 is 0 Å². The summed E-state index contributed by atoms with van der Waals surface area (Å²) in [5.74, 6) is -2.84. The molecule has 0 bridgehead atoms. The normalized spacial score (nSPS) is 18.2. The molecule has 2 rings (SSSR count). The highest BCUT2D eigenvalue weighted by Gasteiger charge is 2.50. The fraction of sp³-hybridized carbons (Fsp3) is 0.526. The molecule has 3 N–H and O–H groups in total. The summed E-state index contributed by atoms with van der Waals surface area (Å²) in [4.78, 5) is 39.9. The van der Waals surface area contributed by atoms with Crippen molar-refractivity contribution in [1.29, 1.82) is 0 Å². The molecule has 1 aliphatic heterocycles. The maximum absolute atomic E-state index is 13.0. The molecule has 1 aromatic rings. The van der Waals surface area contributed by atoms with Gasteiger partial charge in [0, 0.05) is 31.6 Å². The molecule has 1 amide bonds. The number of rotatable bonds is 9. The molecule has 148 valence electrons. The molecule has 1 aliphatic rings. The third-order valence-electron chi connectivity index (χ3n) is 5.23. The molecule has 1 aromatic carbocycles. The third kappa shape index (κ3) is 4.12. The Labute approximate surface area is 158 Å². The molecule has 8 nitrogen and oxygen atoms in total. The highest BCUT2D eigenvalue weighted by molar-refractivity contribution is 5.98. The second-order valence-corrected chi connectivity index (χ2v) is 6.77. The summed E-state index contributed by atoms with van der Waals surface area (Å²) in [6.45, 7) is 3.80. The van der Waals surface area contributed by atoms with Crippen LogP contribution in [0.15, 0.2) is 30.3 Å². The molecule has 1 unspecified atom stereocenters. The number of likely N-dealkylation sites (tertiary alicyclic amines) is 1. The smallest absolute Gasteiger partial charge is 0.329 e. The first kappa shape index (κ1) is 20.9. The molecule has 0 aromatic heterocycles. The van der Waals surface area contributed by atoms with Crippen molar-refractivity contribution in [2.24, 2.45) is 0 Å². The summed E-state index contributed by atoms with van der Waals surface area (Å²) >= 11 is 0. The fourth-order valence-electron chi connectivity index (χ4n) is 3.61. The van der Waals surface area contributed by atoms with Crippen LogP contribution in [0.1, 0.15) is 37.0 Å². The van der Waals surface area contributed by atoms with E-state index in [-0.39, 0.29) is 32.5 Å². The van der Waals surface area contributed by atoms with Gasteiger partial charge in [-0.25, -0.2) is 4.79 Å². The van der Waals surface area contributed by atoms with Gasteiger partial charge in [0.1, 0.15) is 11.6 Å². The van der Waals surface area contributed by atoms with E-state index in [2.05, 4.69) is 0 Å². The molecule has 2 atom stereocenters. The van der Waals surface area contributed by atoms with Gasteiger partial charge in [0.15, 0.2) is 0 Å². The number of benzene rings is 1. The Morgan fingerprint density at radius 2 is 1.78 bits per heavy atom. The van der Waals surface area contributed by atoms with Crippen molar-refractivity contribution in [1.82, 2.24) is 9.80 Å². The lowest BCUT2D eigenvalue weighted by Gasteiger charge is -2.46. The number of hydrogen-bond acceptors (Lipinski definition) is 5. The average molecular weight is 378 g/mol. The van der Waals surface area contributed by atoms with Gasteiger partial charge >= 0.3 is 11.9 Å². The number of β-amino-alcohol motifs (C(OH)–C–C–N with tert-alkyl or cyclic N) is 1. The lowest BCUT2D eigenvalue weighted by Crippen LogP contribution is -2.64. The van der Waals surface area contributed by atoms with E-state index >= 15 is 0 Å². The molecule has 1 saturated heterocycles. The van der Waals surface area contributed by atoms with Crippen molar-refractivity contribution in [3.05, 3.63) is 35.9 Å². The van der Waals surface area contributed by atoms with E-state index in [0.29, 0.717) is 5.56 Å². The summed E-state index contributed by atoms with van der Waals surface area (Å²) in [7, 11) is 0. The Morgan fingerprint density at radius 3 is 2.19 bits per heavy atom. The zero-order chi connectivity index (χ0) is 20.2. The number of aliphatic hydroxyl groups is 1. The van der Waals surface area contributed by atoms with Gasteiger partial charge in [-0.15, -0.1) is 0 Å². The number of nitrogens with zero attached hydrogens (tertiary/aromatic N) is 2. The Kier molecular flexibility index (Phi) is 6.56. The first-order valence-corrected chi connectivity index (χ1v) is 9.02. The highest BCUT2D eigenvalue weighted by Crippen LogP contribution is 2.31. The molecular weight excluding hydrogens is 352 g/mol. The number of carboxylic acid groups (broad SMARTS) is 2. The monoisotopic (exact) mass is 378 g/mol. The summed E-state index contributed by atoms with van der Waals surface area (Å²) in [5.41, 5.74) is -1.31. The van der Waals surface area contributed by atoms with Crippen molar-refractivity contribution < 1.29 is 29.7 Å². The lowest BCUT2D eigenvalue weighted by molar-refractivity contribution is -0.158. The summed E-state index contributed by atoms with van der Waals surface area (Å²) < 4.78 is 0. The Bertz CT molecular complexity index is 689. The van der Waals surface area contributed by atoms with E-state index in [4.69, 9.17) is 0 Å². The Hall–Kier alpha value is -2.45. The number of carboxylic acids is 2. The van der Waals surface area contributed by atoms with E-state index in [1.165, 1.54) is 9.80 Å². The second-order valence-electron chi connectivity index (χ2n) is 6.77. The zero-order valence-electron chi connectivity index (χ0n) is 15.5. The largest absolute Gasteiger partial charge is 0.480 e. The highest BCUT2D eigenvalue weighted by atomic mass is 16.4. The van der Waals surface area contributed by atoms with Crippen LogP contribution < -0.4 is 0 Å². The standard InChI is InChI=1S/C19H26N2O6/c1-3-19(18(26)27,10-15(17(24)25)20-11-14(22)12-20)21(4-2)16(23)13-8-6-5-7-9-13/h5-9,14-15,22H,3-4,10-12H2,1-2H3,(H,24,25)(H,26,27)/t15?,19-/m0/s1. The quantitative estimate of drug-likeness (QED) is 0.584. The van der Waals surface area contributed by atoms with Crippen LogP contribution in [-0.2, 0) is 9.59 Å². The molecule has 8 heteroatoms. The summed E-state index contributed by atoms with van der Waals surface area (Å²) in [6.07, 6.45) is -0.802. The zero-order valence-corrected chi connectivity index (χ0v) is 15.5. The molecule has 27 heavy (non-hydrogen) atoms. The van der Waals surface area contributed by atoms with Crippen LogP contribution in [0.25, 0.3) is 0 Å².